The summed E-state index contributed by atoms with van der Waals surface area (Å²) < 4.78 is 11.1. The Bertz CT molecular complexity index is 1140. The van der Waals surface area contributed by atoms with Gasteiger partial charge in [-0.3, -0.25) is 14.5 Å². The van der Waals surface area contributed by atoms with Crippen LogP contribution in [-0.4, -0.2) is 42.9 Å². The predicted octanol–water partition coefficient (Wildman–Crippen LogP) is 4.67. The van der Waals surface area contributed by atoms with E-state index in [1.807, 2.05) is 0 Å². The van der Waals surface area contributed by atoms with Crippen molar-refractivity contribution >= 4 is 62.4 Å². The highest BCUT2D eigenvalue weighted by Gasteiger charge is 2.35. The highest BCUT2D eigenvalue weighted by Crippen LogP contribution is 2.43. The molecule has 29 heavy (non-hydrogen) atoms. The third-order valence-electron chi connectivity index (χ3n) is 4.53. The zero-order valence-corrected chi connectivity index (χ0v) is 17.4. The highest BCUT2D eigenvalue weighted by molar-refractivity contribution is 7.22. The first-order valence-corrected chi connectivity index (χ1v) is 10.1. The summed E-state index contributed by atoms with van der Waals surface area (Å²) in [6, 6.07) is 9.95. The Morgan fingerprint density at radius 1 is 1.03 bits per heavy atom. The van der Waals surface area contributed by atoms with Gasteiger partial charge in [0.05, 0.1) is 34.5 Å². The number of fused-ring (bicyclic) bond motifs is 2. The molecule has 148 valence electrons. The monoisotopic (exact) mass is 449 g/mol. The number of amides is 2. The lowest BCUT2D eigenvalue weighted by molar-refractivity contribution is 0.0425. The molecule has 3 aromatic rings. The average Bonchev–Trinajstić information content (AvgIpc) is 3.19. The summed E-state index contributed by atoms with van der Waals surface area (Å²) in [5, 5.41) is 1.22. The van der Waals surface area contributed by atoms with Gasteiger partial charge < -0.3 is 9.47 Å². The van der Waals surface area contributed by atoms with E-state index < -0.39 is 17.8 Å². The van der Waals surface area contributed by atoms with Crippen molar-refractivity contribution < 1.29 is 23.9 Å². The molecule has 0 spiro atoms. The number of hydrogen-bond donors (Lipinski definition) is 0. The number of carbonyl (C=O) groups is 3. The van der Waals surface area contributed by atoms with Gasteiger partial charge in [-0.15, -0.1) is 11.3 Å². The summed E-state index contributed by atoms with van der Waals surface area (Å²) >= 11 is 13.7. The maximum Gasteiger partial charge on any atom is 0.349 e. The second-order valence-corrected chi connectivity index (χ2v) is 7.92. The number of carbonyl (C=O) groups excluding carboxylic acids is 3. The van der Waals surface area contributed by atoms with Crippen LogP contribution in [0.4, 0.5) is 0 Å². The van der Waals surface area contributed by atoms with Crippen molar-refractivity contribution in [2.45, 2.75) is 0 Å². The Balaban J connectivity index is 1.47. The van der Waals surface area contributed by atoms with Crippen LogP contribution in [0.1, 0.15) is 30.4 Å². The Morgan fingerprint density at radius 2 is 1.69 bits per heavy atom. The first-order valence-electron chi connectivity index (χ1n) is 8.51. The Morgan fingerprint density at radius 3 is 2.31 bits per heavy atom. The molecule has 2 amide bonds. The third kappa shape index (κ3) is 3.25. The molecule has 0 unspecified atom stereocenters. The standard InChI is InChI=1S/C20H13Cl2NO5S/c1-27-13-7-6-12-14(21)17(29-16(12)15(13)22)20(26)28-9-8-23-18(24)10-4-2-3-5-11(10)19(23)25/h2-7H,8-9H2,1H3. The number of ether oxygens (including phenoxy) is 2. The van der Waals surface area contributed by atoms with E-state index in [9.17, 15) is 14.4 Å². The number of rotatable bonds is 5. The molecule has 0 atom stereocenters. The van der Waals surface area contributed by atoms with E-state index in [2.05, 4.69) is 0 Å². The van der Waals surface area contributed by atoms with Crippen LogP contribution in [-0.2, 0) is 4.74 Å². The van der Waals surface area contributed by atoms with Crippen molar-refractivity contribution in [1.82, 2.24) is 4.90 Å². The minimum atomic E-state index is -0.650. The normalized spacial score (nSPS) is 13.1. The minimum absolute atomic E-state index is 0.0464. The summed E-state index contributed by atoms with van der Waals surface area (Å²) in [6.45, 7) is -0.193. The van der Waals surface area contributed by atoms with Gasteiger partial charge in [-0.25, -0.2) is 4.79 Å². The molecule has 0 saturated heterocycles. The van der Waals surface area contributed by atoms with Gasteiger partial charge in [0.15, 0.2) is 0 Å². The number of imide groups is 1. The van der Waals surface area contributed by atoms with Gasteiger partial charge in [-0.1, -0.05) is 35.3 Å². The molecule has 1 aliphatic heterocycles. The third-order valence-corrected chi connectivity index (χ3v) is 6.73. The van der Waals surface area contributed by atoms with Crippen molar-refractivity contribution in [2.24, 2.45) is 0 Å². The minimum Gasteiger partial charge on any atom is -0.495 e. The van der Waals surface area contributed by atoms with Gasteiger partial charge in [0.2, 0.25) is 0 Å². The second kappa shape index (κ2) is 7.67. The van der Waals surface area contributed by atoms with Crippen LogP contribution < -0.4 is 4.74 Å². The van der Waals surface area contributed by atoms with Crippen LogP contribution in [0.3, 0.4) is 0 Å². The van der Waals surface area contributed by atoms with Gasteiger partial charge in [0.25, 0.3) is 11.8 Å². The maximum absolute atomic E-state index is 12.5. The number of nitrogens with zero attached hydrogens (tertiary/aromatic N) is 1. The summed E-state index contributed by atoms with van der Waals surface area (Å²) in [5.74, 6) is -0.980. The van der Waals surface area contributed by atoms with Crippen LogP contribution >= 0.6 is 34.5 Å². The van der Waals surface area contributed by atoms with Crippen LogP contribution in [0, 0.1) is 0 Å². The van der Waals surface area contributed by atoms with Gasteiger partial charge in [-0.2, -0.15) is 0 Å². The summed E-state index contributed by atoms with van der Waals surface area (Å²) in [7, 11) is 1.50. The second-order valence-electron chi connectivity index (χ2n) is 6.15. The number of esters is 1. The fourth-order valence-corrected chi connectivity index (χ4v) is 4.89. The fraction of sp³-hybridized carbons (Fsp3) is 0.150. The van der Waals surface area contributed by atoms with E-state index in [4.69, 9.17) is 32.7 Å². The number of benzene rings is 2. The van der Waals surface area contributed by atoms with Gasteiger partial charge in [-0.05, 0) is 24.3 Å². The molecule has 2 heterocycles. The van der Waals surface area contributed by atoms with Crippen LogP contribution in [0.25, 0.3) is 10.1 Å². The molecular formula is C20H13Cl2NO5S. The molecule has 9 heteroatoms. The Hall–Kier alpha value is -2.61. The molecule has 2 aromatic carbocycles. The van der Waals surface area contributed by atoms with E-state index >= 15 is 0 Å². The topological polar surface area (TPSA) is 72.9 Å². The highest BCUT2D eigenvalue weighted by atomic mass is 35.5. The fourth-order valence-electron chi connectivity index (χ4n) is 3.11. The number of halogens is 2. The zero-order valence-electron chi connectivity index (χ0n) is 15.0. The van der Waals surface area contributed by atoms with Crippen molar-refractivity contribution in [1.29, 1.82) is 0 Å². The number of thiophene rings is 1. The maximum atomic E-state index is 12.5. The molecule has 0 radical (unpaired) electrons. The average molecular weight is 450 g/mol. The van der Waals surface area contributed by atoms with E-state index in [1.165, 1.54) is 7.11 Å². The molecule has 0 fully saturated rings. The molecule has 1 aromatic heterocycles. The number of methoxy groups -OCH3 is 1. The van der Waals surface area contributed by atoms with Crippen molar-refractivity contribution in [2.75, 3.05) is 20.3 Å². The summed E-state index contributed by atoms with van der Waals surface area (Å²) in [5.41, 5.74) is 0.694. The summed E-state index contributed by atoms with van der Waals surface area (Å²) in [4.78, 5) is 38.4. The Labute approximate surface area is 179 Å². The molecule has 6 nitrogen and oxygen atoms in total. The lowest BCUT2D eigenvalue weighted by Crippen LogP contribution is -2.33. The first-order chi connectivity index (χ1) is 13.9. The largest absolute Gasteiger partial charge is 0.495 e. The molecule has 0 saturated carbocycles. The predicted molar refractivity (Wildman–Crippen MR) is 110 cm³/mol. The molecule has 0 aliphatic carbocycles. The molecule has 1 aliphatic rings. The smallest absolute Gasteiger partial charge is 0.349 e. The van der Waals surface area contributed by atoms with Crippen molar-refractivity contribution in [3.05, 3.63) is 62.4 Å². The van der Waals surface area contributed by atoms with Crippen molar-refractivity contribution in [3.63, 3.8) is 0 Å². The molecule has 4 rings (SSSR count). The van der Waals surface area contributed by atoms with Crippen LogP contribution in [0.15, 0.2) is 36.4 Å². The zero-order chi connectivity index (χ0) is 20.7. The molecular weight excluding hydrogens is 437 g/mol. The molecule has 0 bridgehead atoms. The lowest BCUT2D eigenvalue weighted by atomic mass is 10.1. The van der Waals surface area contributed by atoms with Crippen LogP contribution in [0.5, 0.6) is 5.75 Å². The SMILES string of the molecule is COc1ccc2c(Cl)c(C(=O)OCCN3C(=O)c4ccccc4C3=O)sc2c1Cl. The van der Waals surface area contributed by atoms with E-state index in [1.54, 1.807) is 36.4 Å². The summed E-state index contributed by atoms with van der Waals surface area (Å²) in [6.07, 6.45) is 0. The number of hydrogen-bond acceptors (Lipinski definition) is 6. The van der Waals surface area contributed by atoms with E-state index in [-0.39, 0.29) is 23.1 Å². The lowest BCUT2D eigenvalue weighted by Gasteiger charge is -2.13. The van der Waals surface area contributed by atoms with Gasteiger partial charge in [0, 0.05) is 5.39 Å². The van der Waals surface area contributed by atoms with E-state index in [0.717, 1.165) is 16.2 Å². The molecule has 0 N–H and O–H groups in total. The van der Waals surface area contributed by atoms with E-state index in [0.29, 0.717) is 32.0 Å². The Kier molecular flexibility index (Phi) is 5.21. The first kappa shape index (κ1) is 19.7. The van der Waals surface area contributed by atoms with Crippen molar-refractivity contribution in [3.8, 4) is 5.75 Å². The van der Waals surface area contributed by atoms with Crippen LogP contribution in [0.2, 0.25) is 10.0 Å². The van der Waals surface area contributed by atoms with Gasteiger partial charge in [0.1, 0.15) is 22.3 Å². The quantitative estimate of drug-likeness (QED) is 0.417. The van der Waals surface area contributed by atoms with Gasteiger partial charge >= 0.3 is 5.97 Å².